The normalized spacial score (nSPS) is 10.4. The molecule has 16 heavy (non-hydrogen) atoms. The summed E-state index contributed by atoms with van der Waals surface area (Å²) in [5, 5.41) is 0.830. The van der Waals surface area contributed by atoms with Crippen molar-refractivity contribution in [2.45, 2.75) is 13.8 Å². The molecule has 1 aromatic carbocycles. The molecule has 0 bridgehead atoms. The van der Waals surface area contributed by atoms with Gasteiger partial charge in [0, 0.05) is 11.8 Å². The molecule has 0 saturated heterocycles. The first-order chi connectivity index (χ1) is 7.56. The van der Waals surface area contributed by atoms with E-state index in [0.29, 0.717) is 10.4 Å². The zero-order chi connectivity index (χ0) is 11.7. The van der Waals surface area contributed by atoms with Gasteiger partial charge in [0.25, 0.3) is 0 Å². The maximum absolute atomic E-state index is 13.1. The van der Waals surface area contributed by atoms with Crippen molar-refractivity contribution in [3.63, 3.8) is 0 Å². The molecule has 2 nitrogen and oxygen atoms in total. The molecule has 1 heterocycles. The quantitative estimate of drug-likeness (QED) is 0.748. The van der Waals surface area contributed by atoms with Gasteiger partial charge in [0.05, 0.1) is 9.88 Å². The minimum absolute atomic E-state index is 0.173. The Kier molecular flexibility index (Phi) is 2.83. The topological polar surface area (TPSA) is 30.0 Å². The third-order valence-corrected chi connectivity index (χ3v) is 3.06. The van der Waals surface area contributed by atoms with Crippen LogP contribution >= 0.6 is 11.3 Å². The molecule has 0 atom stereocenters. The van der Waals surface area contributed by atoms with Crippen LogP contribution in [0.1, 0.15) is 25.8 Å². The molecule has 2 rings (SSSR count). The number of halogens is 1. The van der Waals surface area contributed by atoms with E-state index in [0.717, 1.165) is 10.6 Å². The van der Waals surface area contributed by atoms with Crippen molar-refractivity contribution >= 4 is 17.1 Å². The van der Waals surface area contributed by atoms with Crippen LogP contribution in [-0.2, 0) is 0 Å². The fourth-order valence-electron chi connectivity index (χ4n) is 1.48. The summed E-state index contributed by atoms with van der Waals surface area (Å²) in [6.45, 7) is 3.59. The molecule has 0 spiro atoms. The first-order valence-electron chi connectivity index (χ1n) is 4.80. The van der Waals surface area contributed by atoms with E-state index < -0.39 is 0 Å². The summed E-state index contributed by atoms with van der Waals surface area (Å²) >= 11 is 1.32. The number of hydrogen-bond acceptors (Lipinski definition) is 3. The summed E-state index contributed by atoms with van der Waals surface area (Å²) in [6, 6.07) is 4.33. The Hall–Kier alpha value is -1.55. The van der Waals surface area contributed by atoms with E-state index in [2.05, 4.69) is 4.98 Å². The molecular weight excluding hydrogens is 225 g/mol. The van der Waals surface area contributed by atoms with Gasteiger partial charge in [-0.25, -0.2) is 9.37 Å². The third-order valence-electron chi connectivity index (χ3n) is 2.15. The third kappa shape index (κ3) is 2.17. The number of aryl methyl sites for hydroxylation is 2. The largest absolute Gasteiger partial charge is 0.288 e. The van der Waals surface area contributed by atoms with E-state index in [1.807, 2.05) is 6.92 Å². The molecule has 0 amide bonds. The number of hydrogen-bond donors (Lipinski definition) is 0. The van der Waals surface area contributed by atoms with E-state index >= 15 is 0 Å². The van der Waals surface area contributed by atoms with E-state index in [9.17, 15) is 9.18 Å². The van der Waals surface area contributed by atoms with E-state index in [-0.39, 0.29) is 11.6 Å². The van der Waals surface area contributed by atoms with Crippen molar-refractivity contribution in [2.75, 3.05) is 0 Å². The van der Waals surface area contributed by atoms with Crippen molar-refractivity contribution in [3.8, 4) is 0 Å². The predicted molar refractivity (Wildman–Crippen MR) is 61.4 cm³/mol. The molecule has 2 aromatic rings. The summed E-state index contributed by atoms with van der Waals surface area (Å²) in [4.78, 5) is 16.5. The van der Waals surface area contributed by atoms with Crippen LogP contribution < -0.4 is 0 Å². The summed E-state index contributed by atoms with van der Waals surface area (Å²) in [5.41, 5.74) is 1.12. The van der Waals surface area contributed by atoms with Crippen molar-refractivity contribution < 1.29 is 9.18 Å². The van der Waals surface area contributed by atoms with Crippen molar-refractivity contribution in [2.24, 2.45) is 0 Å². The van der Waals surface area contributed by atoms with Crippen LogP contribution in [-0.4, -0.2) is 10.8 Å². The first kappa shape index (κ1) is 11.0. The van der Waals surface area contributed by atoms with Crippen molar-refractivity contribution in [1.82, 2.24) is 4.98 Å². The number of rotatable bonds is 2. The van der Waals surface area contributed by atoms with Gasteiger partial charge >= 0.3 is 0 Å². The monoisotopic (exact) mass is 235 g/mol. The number of aromatic nitrogens is 1. The zero-order valence-electron chi connectivity index (χ0n) is 8.95. The Morgan fingerprint density at radius 1 is 1.31 bits per heavy atom. The molecule has 0 aliphatic carbocycles. The molecular formula is C12H10FNOS. The zero-order valence-corrected chi connectivity index (χ0v) is 9.77. The minimum atomic E-state index is -0.385. The molecule has 82 valence electrons. The molecule has 0 radical (unpaired) electrons. The van der Waals surface area contributed by atoms with Gasteiger partial charge in [0.2, 0.25) is 5.78 Å². The second-order valence-electron chi connectivity index (χ2n) is 3.59. The standard InChI is InChI=1S/C12H10FNOS/c1-7-3-9(5-10(13)4-7)12(15)11-6-14-8(2)16-11/h3-6H,1-2H3. The number of thiazole rings is 1. The lowest BCUT2D eigenvalue weighted by molar-refractivity contribution is 0.104. The van der Waals surface area contributed by atoms with Gasteiger partial charge in [0.15, 0.2) is 0 Å². The highest BCUT2D eigenvalue weighted by molar-refractivity contribution is 7.13. The second kappa shape index (κ2) is 4.14. The van der Waals surface area contributed by atoms with Gasteiger partial charge in [0.1, 0.15) is 5.82 Å². The predicted octanol–water partition coefficient (Wildman–Crippen LogP) is 3.13. The maximum Gasteiger partial charge on any atom is 0.204 e. The Morgan fingerprint density at radius 2 is 2.06 bits per heavy atom. The van der Waals surface area contributed by atoms with Crippen LogP contribution in [0.15, 0.2) is 24.4 Å². The Morgan fingerprint density at radius 3 is 2.62 bits per heavy atom. The van der Waals surface area contributed by atoms with Crippen LogP contribution in [0.4, 0.5) is 4.39 Å². The van der Waals surface area contributed by atoms with Crippen LogP contribution in [0.2, 0.25) is 0 Å². The van der Waals surface area contributed by atoms with Gasteiger partial charge in [-0.3, -0.25) is 4.79 Å². The highest BCUT2D eigenvalue weighted by Gasteiger charge is 2.13. The summed E-state index contributed by atoms with van der Waals surface area (Å²) in [6.07, 6.45) is 1.53. The van der Waals surface area contributed by atoms with E-state index in [1.165, 1.54) is 29.7 Å². The average molecular weight is 235 g/mol. The van der Waals surface area contributed by atoms with Crippen molar-refractivity contribution in [3.05, 3.63) is 51.2 Å². The van der Waals surface area contributed by atoms with Crippen molar-refractivity contribution in [1.29, 1.82) is 0 Å². The number of nitrogens with zero attached hydrogens (tertiary/aromatic N) is 1. The Balaban J connectivity index is 2.41. The lowest BCUT2D eigenvalue weighted by Crippen LogP contribution is -1.99. The number of ketones is 1. The Labute approximate surface area is 96.8 Å². The molecule has 0 unspecified atom stereocenters. The van der Waals surface area contributed by atoms with E-state index in [1.54, 1.807) is 13.0 Å². The number of carbonyl (C=O) groups excluding carboxylic acids is 1. The van der Waals surface area contributed by atoms with Crippen LogP contribution in [0.25, 0.3) is 0 Å². The second-order valence-corrected chi connectivity index (χ2v) is 4.82. The van der Waals surface area contributed by atoms with Gasteiger partial charge in [-0.05, 0) is 37.6 Å². The van der Waals surface area contributed by atoms with Crippen LogP contribution in [0.5, 0.6) is 0 Å². The van der Waals surface area contributed by atoms with Gasteiger partial charge in [-0.15, -0.1) is 11.3 Å². The fourth-order valence-corrected chi connectivity index (χ4v) is 2.22. The molecule has 0 saturated carbocycles. The number of carbonyl (C=O) groups is 1. The van der Waals surface area contributed by atoms with Crippen LogP contribution in [0, 0.1) is 19.7 Å². The highest BCUT2D eigenvalue weighted by atomic mass is 32.1. The van der Waals surface area contributed by atoms with Crippen LogP contribution in [0.3, 0.4) is 0 Å². The van der Waals surface area contributed by atoms with Gasteiger partial charge in [-0.2, -0.15) is 0 Å². The van der Waals surface area contributed by atoms with Gasteiger partial charge in [-0.1, -0.05) is 0 Å². The number of benzene rings is 1. The molecule has 0 aliphatic heterocycles. The maximum atomic E-state index is 13.1. The van der Waals surface area contributed by atoms with E-state index in [4.69, 9.17) is 0 Å². The molecule has 1 aromatic heterocycles. The summed E-state index contributed by atoms with van der Waals surface area (Å²) < 4.78 is 13.1. The highest BCUT2D eigenvalue weighted by Crippen LogP contribution is 2.18. The summed E-state index contributed by atoms with van der Waals surface area (Å²) in [7, 11) is 0. The lowest BCUT2D eigenvalue weighted by atomic mass is 10.1. The fraction of sp³-hybridized carbons (Fsp3) is 0.167. The molecule has 4 heteroatoms. The molecule has 0 fully saturated rings. The molecule has 0 N–H and O–H groups in total. The smallest absolute Gasteiger partial charge is 0.204 e. The SMILES string of the molecule is Cc1cc(F)cc(C(=O)c2cnc(C)s2)c1. The average Bonchev–Trinajstić information content (AvgIpc) is 2.62. The molecule has 0 aliphatic rings. The lowest BCUT2D eigenvalue weighted by Gasteiger charge is -2.00. The Bertz CT molecular complexity index is 527. The minimum Gasteiger partial charge on any atom is -0.288 e. The first-order valence-corrected chi connectivity index (χ1v) is 5.62. The summed E-state index contributed by atoms with van der Waals surface area (Å²) in [5.74, 6) is -0.558. The van der Waals surface area contributed by atoms with Gasteiger partial charge < -0.3 is 0 Å².